The Morgan fingerprint density at radius 3 is 2.16 bits per heavy atom. The second-order valence-electron chi connectivity index (χ2n) is 8.30. The highest BCUT2D eigenvalue weighted by molar-refractivity contribution is 5.98. The minimum Gasteiger partial charge on any atom is -0.458 e. The summed E-state index contributed by atoms with van der Waals surface area (Å²) < 4.78 is 16.4. The number of nitriles is 1. The molecular weight excluding hydrogens is 468 g/mol. The highest BCUT2D eigenvalue weighted by atomic mass is 16.6. The molecule has 7 nitrogen and oxygen atoms in total. The van der Waals surface area contributed by atoms with E-state index in [1.807, 2.05) is 54.6 Å². The third kappa shape index (κ3) is 9.43. The Balaban J connectivity index is 2.08. The molecule has 0 heterocycles. The van der Waals surface area contributed by atoms with Gasteiger partial charge in [0, 0.05) is 24.4 Å². The summed E-state index contributed by atoms with van der Waals surface area (Å²) in [5.41, 5.74) is 3.69. The Morgan fingerprint density at radius 2 is 1.62 bits per heavy atom. The van der Waals surface area contributed by atoms with Gasteiger partial charge in [0.25, 0.3) is 0 Å². The zero-order valence-corrected chi connectivity index (χ0v) is 21.7. The van der Waals surface area contributed by atoms with Crippen molar-refractivity contribution in [3.05, 3.63) is 89.5 Å². The lowest BCUT2D eigenvalue weighted by Gasteiger charge is -2.21. The van der Waals surface area contributed by atoms with Gasteiger partial charge in [0.1, 0.15) is 18.2 Å². The summed E-state index contributed by atoms with van der Waals surface area (Å²) in [6.45, 7) is 14.7. The highest BCUT2D eigenvalue weighted by Crippen LogP contribution is 2.17. The van der Waals surface area contributed by atoms with E-state index in [1.54, 1.807) is 6.08 Å². The van der Waals surface area contributed by atoms with E-state index < -0.39 is 18.0 Å². The first kappa shape index (κ1) is 29.1. The average molecular weight is 503 g/mol. The maximum Gasteiger partial charge on any atom is 0.349 e. The number of carbonyl (C=O) groups is 2. The molecule has 2 aromatic rings. The molecule has 0 amide bonds. The summed E-state index contributed by atoms with van der Waals surface area (Å²) in [7, 11) is 0. The van der Waals surface area contributed by atoms with Crippen molar-refractivity contribution in [1.82, 2.24) is 0 Å². The van der Waals surface area contributed by atoms with E-state index in [1.165, 1.54) is 13.0 Å². The van der Waals surface area contributed by atoms with Crippen LogP contribution in [0.5, 0.6) is 0 Å². The van der Waals surface area contributed by atoms with Gasteiger partial charge in [0.05, 0.1) is 13.2 Å². The minimum atomic E-state index is -0.912. The number of esters is 2. The van der Waals surface area contributed by atoms with Crippen LogP contribution < -0.4 is 4.90 Å². The van der Waals surface area contributed by atoms with E-state index >= 15 is 0 Å². The molecule has 0 fully saturated rings. The molecule has 0 aliphatic rings. The van der Waals surface area contributed by atoms with Crippen molar-refractivity contribution in [3.8, 4) is 6.07 Å². The van der Waals surface area contributed by atoms with Crippen LogP contribution in [0.4, 0.5) is 5.69 Å². The molecule has 0 N–H and O–H groups in total. The molecule has 0 aliphatic heterocycles. The molecule has 2 rings (SSSR count). The predicted octanol–water partition coefficient (Wildman–Crippen LogP) is 5.33. The number of hydrogen-bond acceptors (Lipinski definition) is 7. The minimum absolute atomic E-state index is 0.0320. The van der Waals surface area contributed by atoms with Gasteiger partial charge in [-0.15, -0.1) is 0 Å². The van der Waals surface area contributed by atoms with Crippen molar-refractivity contribution in [1.29, 1.82) is 5.26 Å². The van der Waals surface area contributed by atoms with E-state index in [0.717, 1.165) is 29.9 Å². The van der Waals surface area contributed by atoms with E-state index in [9.17, 15) is 14.9 Å². The molecule has 1 atom stereocenters. The van der Waals surface area contributed by atoms with Gasteiger partial charge in [-0.05, 0) is 55.7 Å². The van der Waals surface area contributed by atoms with Crippen LogP contribution in [0.1, 0.15) is 37.5 Å². The number of rotatable bonds is 14. The zero-order valence-electron chi connectivity index (χ0n) is 21.7. The summed E-state index contributed by atoms with van der Waals surface area (Å²) >= 11 is 0. The standard InChI is InChI=1S/C30H34N2O5/c1-6-23-9-11-25(12-10-23)19-35-20-28(21-36-29(33)22(4)5)37-30(34)26(18-31)17-24-13-15-27(16-14-24)32(7-2)8-3/h6,9-17,28H,1,4,7-8,19-21H2,2-3,5H3. The van der Waals surface area contributed by atoms with Gasteiger partial charge < -0.3 is 19.1 Å². The molecule has 0 saturated carbocycles. The molecule has 0 spiro atoms. The number of benzene rings is 2. The van der Waals surface area contributed by atoms with Crippen LogP contribution in [0.25, 0.3) is 12.2 Å². The van der Waals surface area contributed by atoms with Crippen LogP contribution in [-0.2, 0) is 30.4 Å². The monoisotopic (exact) mass is 502 g/mol. The summed E-state index contributed by atoms with van der Waals surface area (Å²) in [5, 5.41) is 9.59. The third-order valence-electron chi connectivity index (χ3n) is 5.48. The summed E-state index contributed by atoms with van der Waals surface area (Å²) in [4.78, 5) is 26.8. The third-order valence-corrected chi connectivity index (χ3v) is 5.48. The Kier molecular flexibility index (Phi) is 11.8. The van der Waals surface area contributed by atoms with E-state index in [4.69, 9.17) is 14.2 Å². The lowest BCUT2D eigenvalue weighted by Crippen LogP contribution is -2.30. The second-order valence-corrected chi connectivity index (χ2v) is 8.30. The molecule has 0 bridgehead atoms. The van der Waals surface area contributed by atoms with Crippen molar-refractivity contribution in [2.45, 2.75) is 33.5 Å². The van der Waals surface area contributed by atoms with Gasteiger partial charge in [-0.3, -0.25) is 0 Å². The molecular formula is C30H34N2O5. The number of hydrogen-bond donors (Lipinski definition) is 0. The van der Waals surface area contributed by atoms with Crippen molar-refractivity contribution in [3.63, 3.8) is 0 Å². The SMILES string of the molecule is C=Cc1ccc(COCC(COC(=O)C(=C)C)OC(=O)C(C#N)=Cc2ccc(N(CC)CC)cc2)cc1. The first-order valence-corrected chi connectivity index (χ1v) is 12.1. The molecule has 37 heavy (non-hydrogen) atoms. The van der Waals surface area contributed by atoms with Crippen LogP contribution in [-0.4, -0.2) is 44.3 Å². The summed E-state index contributed by atoms with van der Waals surface area (Å²) in [5.74, 6) is -1.43. The van der Waals surface area contributed by atoms with E-state index in [2.05, 4.69) is 31.9 Å². The Bertz CT molecular complexity index is 1140. The Labute approximate surface area is 219 Å². The first-order chi connectivity index (χ1) is 17.8. The zero-order chi connectivity index (χ0) is 27.2. The van der Waals surface area contributed by atoms with E-state index in [-0.39, 0.29) is 31.0 Å². The Morgan fingerprint density at radius 1 is 1.00 bits per heavy atom. The predicted molar refractivity (Wildman–Crippen MR) is 145 cm³/mol. The molecule has 1 unspecified atom stereocenters. The van der Waals surface area contributed by atoms with Crippen LogP contribution >= 0.6 is 0 Å². The van der Waals surface area contributed by atoms with Crippen molar-refractivity contribution < 1.29 is 23.8 Å². The van der Waals surface area contributed by atoms with Gasteiger partial charge in [0.2, 0.25) is 0 Å². The summed E-state index contributed by atoms with van der Waals surface area (Å²) in [6.07, 6.45) is 2.30. The topological polar surface area (TPSA) is 88.9 Å². The van der Waals surface area contributed by atoms with Crippen molar-refractivity contribution >= 4 is 29.8 Å². The number of carbonyl (C=O) groups excluding carboxylic acids is 2. The second kappa shape index (κ2) is 15.1. The van der Waals surface area contributed by atoms with Crippen LogP contribution in [0.3, 0.4) is 0 Å². The van der Waals surface area contributed by atoms with Gasteiger partial charge in [-0.1, -0.05) is 55.6 Å². The largest absolute Gasteiger partial charge is 0.458 e. The van der Waals surface area contributed by atoms with Crippen LogP contribution in [0.15, 0.2) is 72.8 Å². The summed E-state index contributed by atoms with van der Waals surface area (Å²) in [6, 6.07) is 17.1. The first-order valence-electron chi connectivity index (χ1n) is 12.1. The highest BCUT2D eigenvalue weighted by Gasteiger charge is 2.21. The lowest BCUT2D eigenvalue weighted by molar-refractivity contribution is -0.157. The average Bonchev–Trinajstić information content (AvgIpc) is 2.91. The molecule has 0 aliphatic carbocycles. The maximum absolute atomic E-state index is 12.8. The van der Waals surface area contributed by atoms with Gasteiger partial charge in [0.15, 0.2) is 6.10 Å². The quantitative estimate of drug-likeness (QED) is 0.196. The molecule has 194 valence electrons. The normalized spacial score (nSPS) is 11.7. The van der Waals surface area contributed by atoms with Gasteiger partial charge >= 0.3 is 11.9 Å². The number of nitrogens with zero attached hydrogens (tertiary/aromatic N) is 2. The van der Waals surface area contributed by atoms with Gasteiger partial charge in [-0.25, -0.2) is 9.59 Å². The molecule has 0 saturated heterocycles. The molecule has 7 heteroatoms. The lowest BCUT2D eigenvalue weighted by atomic mass is 10.1. The van der Waals surface area contributed by atoms with Crippen molar-refractivity contribution in [2.75, 3.05) is 31.2 Å². The fraction of sp³-hybridized carbons (Fsp3) is 0.300. The van der Waals surface area contributed by atoms with Crippen LogP contribution in [0.2, 0.25) is 0 Å². The maximum atomic E-state index is 12.8. The molecule has 0 aromatic heterocycles. The smallest absolute Gasteiger partial charge is 0.349 e. The van der Waals surface area contributed by atoms with Gasteiger partial charge in [-0.2, -0.15) is 5.26 Å². The number of anilines is 1. The van der Waals surface area contributed by atoms with Crippen LogP contribution in [0, 0.1) is 11.3 Å². The fourth-order valence-electron chi connectivity index (χ4n) is 3.35. The van der Waals surface area contributed by atoms with Crippen molar-refractivity contribution in [2.24, 2.45) is 0 Å². The van der Waals surface area contributed by atoms with E-state index in [0.29, 0.717) is 5.56 Å². The Hall–Kier alpha value is -4.15. The fourth-order valence-corrected chi connectivity index (χ4v) is 3.35. The molecule has 2 aromatic carbocycles. The number of ether oxygens (including phenoxy) is 3. The molecule has 0 radical (unpaired) electrons.